The summed E-state index contributed by atoms with van der Waals surface area (Å²) in [6, 6.07) is 0. The molecular weight excluding hydrogens is 284 g/mol. The van der Waals surface area contributed by atoms with Crippen LogP contribution in [-0.4, -0.2) is 65.1 Å². The van der Waals surface area contributed by atoms with Crippen LogP contribution in [-0.2, 0) is 19.1 Å². The van der Waals surface area contributed by atoms with Crippen LogP contribution in [0, 0.1) is 0 Å². The van der Waals surface area contributed by atoms with Crippen molar-refractivity contribution < 1.29 is 24.2 Å². The average Bonchev–Trinajstić information content (AvgIpc) is 2.65. The summed E-state index contributed by atoms with van der Waals surface area (Å²) in [5.74, 6) is -0.732. The summed E-state index contributed by atoms with van der Waals surface area (Å²) in [5, 5.41) is 8.18. The molecule has 1 atom stereocenters. The molecule has 1 heterocycles. The first-order valence-electron chi connectivity index (χ1n) is 6.51. The maximum Gasteiger partial charge on any atom is 0.303 e. The van der Waals surface area contributed by atoms with Gasteiger partial charge in [-0.1, -0.05) is 0 Å². The van der Waals surface area contributed by atoms with Crippen molar-refractivity contribution in [1.29, 1.82) is 0 Å². The summed E-state index contributed by atoms with van der Waals surface area (Å²) in [6.07, 6.45) is 0.444. The zero-order valence-corrected chi connectivity index (χ0v) is 12.1. The third-order valence-corrected chi connectivity index (χ3v) is 3.96. The lowest BCUT2D eigenvalue weighted by molar-refractivity contribution is -0.141. The van der Waals surface area contributed by atoms with Gasteiger partial charge in [-0.3, -0.25) is 19.3 Å². The van der Waals surface area contributed by atoms with E-state index < -0.39 is 5.97 Å². The van der Waals surface area contributed by atoms with Crippen LogP contribution in [0.1, 0.15) is 19.3 Å². The smallest absolute Gasteiger partial charge is 0.303 e. The minimum absolute atomic E-state index is 0.0399. The van der Waals surface area contributed by atoms with Gasteiger partial charge in [-0.25, -0.2) is 0 Å². The van der Waals surface area contributed by atoms with E-state index in [2.05, 4.69) is 0 Å². The fraction of sp³-hybridized carbons (Fsp3) is 0.750. The Morgan fingerprint density at radius 3 is 2.85 bits per heavy atom. The standard InChI is InChI=1S/C12H20N2O5S/c13-3-5-19-6-7-20-9-8-10(15)14(12(9)18)4-1-2-11(16)17/h9H,1-8,13H2,(H,16,17). The van der Waals surface area contributed by atoms with Gasteiger partial charge in [0.2, 0.25) is 11.8 Å². The van der Waals surface area contributed by atoms with E-state index in [0.717, 1.165) is 0 Å². The molecule has 0 aromatic carbocycles. The zero-order chi connectivity index (χ0) is 15.0. The quantitative estimate of drug-likeness (QED) is 0.420. The lowest BCUT2D eigenvalue weighted by Gasteiger charge is -2.14. The number of rotatable bonds is 10. The highest BCUT2D eigenvalue weighted by Gasteiger charge is 2.38. The van der Waals surface area contributed by atoms with Crippen LogP contribution >= 0.6 is 11.8 Å². The number of nitrogens with two attached hydrogens (primary N) is 1. The first-order valence-corrected chi connectivity index (χ1v) is 7.56. The van der Waals surface area contributed by atoms with Crippen molar-refractivity contribution >= 4 is 29.5 Å². The van der Waals surface area contributed by atoms with Crippen LogP contribution < -0.4 is 5.73 Å². The van der Waals surface area contributed by atoms with Gasteiger partial charge in [-0.2, -0.15) is 0 Å². The number of carbonyl (C=O) groups is 3. The summed E-state index contributed by atoms with van der Waals surface area (Å²) in [4.78, 5) is 35.3. The fourth-order valence-electron chi connectivity index (χ4n) is 1.84. The Balaban J connectivity index is 2.28. The lowest BCUT2D eigenvalue weighted by atomic mass is 10.3. The molecule has 0 aromatic rings. The minimum Gasteiger partial charge on any atom is -0.481 e. The van der Waals surface area contributed by atoms with Gasteiger partial charge in [0.15, 0.2) is 0 Å². The number of thioether (sulfide) groups is 1. The van der Waals surface area contributed by atoms with E-state index in [1.165, 1.54) is 16.7 Å². The van der Waals surface area contributed by atoms with E-state index >= 15 is 0 Å². The summed E-state index contributed by atoms with van der Waals surface area (Å²) >= 11 is 1.40. The van der Waals surface area contributed by atoms with Gasteiger partial charge in [0, 0.05) is 31.7 Å². The van der Waals surface area contributed by atoms with E-state index in [1.807, 2.05) is 0 Å². The van der Waals surface area contributed by atoms with E-state index in [9.17, 15) is 14.4 Å². The van der Waals surface area contributed by atoms with Gasteiger partial charge in [0.25, 0.3) is 0 Å². The van der Waals surface area contributed by atoms with Gasteiger partial charge in [0.05, 0.1) is 18.5 Å². The van der Waals surface area contributed by atoms with Crippen LogP contribution in [0.25, 0.3) is 0 Å². The predicted octanol–water partition coefficient (Wildman–Crippen LogP) is -0.313. The molecule has 0 radical (unpaired) electrons. The summed E-state index contributed by atoms with van der Waals surface area (Å²) in [7, 11) is 0. The first-order chi connectivity index (χ1) is 9.56. The molecule has 1 saturated heterocycles. The van der Waals surface area contributed by atoms with Gasteiger partial charge in [-0.15, -0.1) is 11.8 Å². The second kappa shape index (κ2) is 8.93. The van der Waals surface area contributed by atoms with Crippen LogP contribution in [0.4, 0.5) is 0 Å². The van der Waals surface area contributed by atoms with Crippen LogP contribution in [0.5, 0.6) is 0 Å². The van der Waals surface area contributed by atoms with Crippen LogP contribution in [0.15, 0.2) is 0 Å². The fourth-order valence-corrected chi connectivity index (χ4v) is 2.87. The van der Waals surface area contributed by atoms with Crippen molar-refractivity contribution in [2.45, 2.75) is 24.5 Å². The van der Waals surface area contributed by atoms with Crippen LogP contribution in [0.3, 0.4) is 0 Å². The molecule has 0 saturated carbocycles. The van der Waals surface area contributed by atoms with Gasteiger partial charge in [0.1, 0.15) is 0 Å². The molecule has 1 aliphatic heterocycles. The van der Waals surface area contributed by atoms with Crippen molar-refractivity contribution in [1.82, 2.24) is 4.90 Å². The third kappa shape index (κ3) is 5.48. The molecule has 1 unspecified atom stereocenters. The Hall–Kier alpha value is -1.12. The molecule has 0 aliphatic carbocycles. The maximum absolute atomic E-state index is 12.0. The highest BCUT2D eigenvalue weighted by Crippen LogP contribution is 2.25. The molecule has 7 nitrogen and oxygen atoms in total. The molecule has 3 N–H and O–H groups in total. The van der Waals surface area contributed by atoms with Crippen molar-refractivity contribution in [2.75, 3.05) is 32.1 Å². The molecule has 20 heavy (non-hydrogen) atoms. The number of carboxylic acids is 1. The number of amides is 2. The second-order valence-corrected chi connectivity index (χ2v) is 5.66. The Kier molecular flexibility index (Phi) is 7.56. The van der Waals surface area contributed by atoms with Gasteiger partial charge >= 0.3 is 5.97 Å². The molecule has 1 fully saturated rings. The largest absolute Gasteiger partial charge is 0.481 e. The first kappa shape index (κ1) is 16.9. The Morgan fingerprint density at radius 2 is 2.20 bits per heavy atom. The molecule has 8 heteroatoms. The monoisotopic (exact) mass is 304 g/mol. The molecule has 0 aromatic heterocycles. The van der Waals surface area contributed by atoms with Crippen LogP contribution in [0.2, 0.25) is 0 Å². The van der Waals surface area contributed by atoms with E-state index in [-0.39, 0.29) is 36.5 Å². The number of imide groups is 1. The number of aliphatic carboxylic acids is 1. The third-order valence-electron chi connectivity index (χ3n) is 2.78. The highest BCUT2D eigenvalue weighted by molar-refractivity contribution is 8.00. The normalized spacial score (nSPS) is 18.9. The second-order valence-electron chi connectivity index (χ2n) is 4.35. The van der Waals surface area contributed by atoms with Crippen molar-refractivity contribution in [3.05, 3.63) is 0 Å². The molecule has 2 amide bonds. The maximum atomic E-state index is 12.0. The van der Waals surface area contributed by atoms with Crippen molar-refractivity contribution in [3.8, 4) is 0 Å². The SMILES string of the molecule is NCCOCCSC1CC(=O)N(CCCC(=O)O)C1=O. The molecular formula is C12H20N2O5S. The summed E-state index contributed by atoms with van der Waals surface area (Å²) in [6.45, 7) is 1.63. The summed E-state index contributed by atoms with van der Waals surface area (Å²) < 4.78 is 5.20. The minimum atomic E-state index is -0.924. The van der Waals surface area contributed by atoms with Crippen molar-refractivity contribution in [2.24, 2.45) is 5.73 Å². The Bertz CT molecular complexity index is 364. The molecule has 1 rings (SSSR count). The Morgan fingerprint density at radius 1 is 1.45 bits per heavy atom. The molecule has 0 spiro atoms. The molecule has 1 aliphatic rings. The number of carboxylic acid groups (broad SMARTS) is 1. The van der Waals surface area contributed by atoms with Crippen molar-refractivity contribution in [3.63, 3.8) is 0 Å². The number of nitrogens with zero attached hydrogens (tertiary/aromatic N) is 1. The Labute approximate surface area is 121 Å². The topological polar surface area (TPSA) is 110 Å². The molecule has 114 valence electrons. The lowest BCUT2D eigenvalue weighted by Crippen LogP contribution is -2.32. The van der Waals surface area contributed by atoms with Gasteiger partial charge < -0.3 is 15.6 Å². The highest BCUT2D eigenvalue weighted by atomic mass is 32.2. The van der Waals surface area contributed by atoms with E-state index in [4.69, 9.17) is 15.6 Å². The summed E-state index contributed by atoms with van der Waals surface area (Å²) in [5.41, 5.74) is 5.28. The number of ether oxygens (including phenoxy) is 1. The molecule has 0 bridgehead atoms. The average molecular weight is 304 g/mol. The van der Waals surface area contributed by atoms with Gasteiger partial charge in [-0.05, 0) is 6.42 Å². The zero-order valence-electron chi connectivity index (χ0n) is 11.2. The van der Waals surface area contributed by atoms with E-state index in [0.29, 0.717) is 31.9 Å². The number of carbonyl (C=O) groups excluding carboxylic acids is 2. The number of likely N-dealkylation sites (tertiary alicyclic amines) is 1. The number of hydrogen-bond acceptors (Lipinski definition) is 6. The van der Waals surface area contributed by atoms with E-state index in [1.54, 1.807) is 0 Å². The number of hydrogen-bond donors (Lipinski definition) is 2. The predicted molar refractivity (Wildman–Crippen MR) is 74.3 cm³/mol.